The number of aromatic nitrogens is 2. The van der Waals surface area contributed by atoms with Crippen LogP contribution in [-0.4, -0.2) is 71.3 Å². The van der Waals surface area contributed by atoms with Crippen molar-refractivity contribution in [2.45, 2.75) is 46.7 Å². The summed E-state index contributed by atoms with van der Waals surface area (Å²) in [6.45, 7) is 13.8. The van der Waals surface area contributed by atoms with Gasteiger partial charge in [0.2, 0.25) is 5.91 Å². The maximum atomic E-state index is 12.1. The van der Waals surface area contributed by atoms with E-state index in [1.807, 2.05) is 20.8 Å². The van der Waals surface area contributed by atoms with E-state index in [1.54, 1.807) is 4.68 Å². The van der Waals surface area contributed by atoms with Gasteiger partial charge in [-0.15, -0.1) is 0 Å². The lowest BCUT2D eigenvalue weighted by molar-refractivity contribution is -0.121. The van der Waals surface area contributed by atoms with Crippen LogP contribution in [0, 0.1) is 20.8 Å². The fourth-order valence-corrected chi connectivity index (χ4v) is 3.00. The molecule has 6 heteroatoms. The molecule has 0 unspecified atom stereocenters. The number of aryl methyl sites for hydroxylation is 1. The highest BCUT2D eigenvalue weighted by Crippen LogP contribution is 2.10. The number of carbonyl (C=O) groups excluding carboxylic acids is 1. The van der Waals surface area contributed by atoms with Crippen molar-refractivity contribution in [1.29, 1.82) is 0 Å². The molecule has 1 aliphatic rings. The summed E-state index contributed by atoms with van der Waals surface area (Å²) in [7, 11) is 2.17. The molecule has 1 aromatic heterocycles. The quantitative estimate of drug-likeness (QED) is 0.848. The molecule has 1 atom stereocenters. The predicted molar refractivity (Wildman–Crippen MR) is 92.6 cm³/mol. The van der Waals surface area contributed by atoms with Gasteiger partial charge in [0.1, 0.15) is 6.54 Å². The highest BCUT2D eigenvalue weighted by atomic mass is 16.2. The number of amides is 1. The largest absolute Gasteiger partial charge is 0.354 e. The lowest BCUT2D eigenvalue weighted by Crippen LogP contribution is -2.48. The van der Waals surface area contributed by atoms with Gasteiger partial charge < -0.3 is 10.2 Å². The van der Waals surface area contributed by atoms with Crippen LogP contribution >= 0.6 is 0 Å². The fraction of sp³-hybridized carbons (Fsp3) is 0.765. The van der Waals surface area contributed by atoms with Crippen molar-refractivity contribution in [3.05, 3.63) is 17.0 Å². The molecule has 0 radical (unpaired) electrons. The van der Waals surface area contributed by atoms with E-state index in [2.05, 4.69) is 34.2 Å². The molecule has 0 aliphatic carbocycles. The Morgan fingerprint density at radius 2 is 1.87 bits per heavy atom. The lowest BCUT2D eigenvalue weighted by Gasteiger charge is -2.36. The van der Waals surface area contributed by atoms with E-state index in [1.165, 1.54) is 5.56 Å². The minimum atomic E-state index is 0.0428. The summed E-state index contributed by atoms with van der Waals surface area (Å²) in [5.41, 5.74) is 3.24. The van der Waals surface area contributed by atoms with Crippen LogP contribution in [0.3, 0.4) is 0 Å². The number of rotatable bonds is 6. The van der Waals surface area contributed by atoms with Crippen molar-refractivity contribution < 1.29 is 4.79 Å². The summed E-state index contributed by atoms with van der Waals surface area (Å²) in [5, 5.41) is 7.45. The van der Waals surface area contributed by atoms with Crippen LogP contribution in [0.2, 0.25) is 0 Å². The van der Waals surface area contributed by atoms with E-state index in [0.717, 1.165) is 50.5 Å². The maximum Gasteiger partial charge on any atom is 0.241 e. The van der Waals surface area contributed by atoms with Gasteiger partial charge in [-0.1, -0.05) is 0 Å². The van der Waals surface area contributed by atoms with Crippen molar-refractivity contribution in [2.75, 3.05) is 39.8 Å². The number of likely N-dealkylation sites (N-methyl/N-ethyl adjacent to an activating group) is 1. The Kier molecular flexibility index (Phi) is 6.18. The molecule has 130 valence electrons. The van der Waals surface area contributed by atoms with Gasteiger partial charge in [0.25, 0.3) is 0 Å². The first-order valence-corrected chi connectivity index (χ1v) is 8.58. The molecular formula is C17H31N5O. The van der Waals surface area contributed by atoms with Crippen molar-refractivity contribution in [1.82, 2.24) is 24.9 Å². The van der Waals surface area contributed by atoms with Crippen molar-refractivity contribution in [3.8, 4) is 0 Å². The second-order valence-corrected chi connectivity index (χ2v) is 6.78. The fourth-order valence-electron chi connectivity index (χ4n) is 3.00. The van der Waals surface area contributed by atoms with E-state index in [4.69, 9.17) is 0 Å². The van der Waals surface area contributed by atoms with Crippen LogP contribution in [0.1, 0.15) is 30.3 Å². The zero-order valence-corrected chi connectivity index (χ0v) is 15.2. The predicted octanol–water partition coefficient (Wildman–Crippen LogP) is 0.951. The van der Waals surface area contributed by atoms with Gasteiger partial charge in [-0.3, -0.25) is 14.4 Å². The van der Waals surface area contributed by atoms with Gasteiger partial charge in [0.15, 0.2) is 0 Å². The number of carbonyl (C=O) groups is 1. The Bertz CT molecular complexity index is 531. The second kappa shape index (κ2) is 7.93. The molecule has 2 heterocycles. The van der Waals surface area contributed by atoms with Gasteiger partial charge in [-0.2, -0.15) is 5.10 Å². The Morgan fingerprint density at radius 1 is 1.22 bits per heavy atom. The van der Waals surface area contributed by atoms with Gasteiger partial charge >= 0.3 is 0 Å². The third kappa shape index (κ3) is 4.78. The number of piperazine rings is 1. The van der Waals surface area contributed by atoms with E-state index in [-0.39, 0.29) is 5.91 Å². The van der Waals surface area contributed by atoms with Gasteiger partial charge in [0.05, 0.1) is 5.69 Å². The molecule has 0 aromatic carbocycles. The topological polar surface area (TPSA) is 53.4 Å². The zero-order valence-electron chi connectivity index (χ0n) is 15.2. The summed E-state index contributed by atoms with van der Waals surface area (Å²) >= 11 is 0. The molecule has 0 saturated carbocycles. The number of hydrogen-bond donors (Lipinski definition) is 1. The lowest BCUT2D eigenvalue weighted by atomic mass is 10.1. The molecule has 0 spiro atoms. The maximum absolute atomic E-state index is 12.1. The minimum absolute atomic E-state index is 0.0428. The van der Waals surface area contributed by atoms with Gasteiger partial charge in [0, 0.05) is 44.5 Å². The van der Waals surface area contributed by atoms with Crippen LogP contribution < -0.4 is 5.32 Å². The Labute approximate surface area is 139 Å². The third-order valence-corrected chi connectivity index (χ3v) is 5.08. The standard InChI is InChI=1S/C17H31N5O/c1-13(21-10-8-20(5)9-11-21)6-7-18-17(23)12-22-16(4)14(2)15(3)19-22/h13H,6-12H2,1-5H3,(H,18,23)/t13-/m1/s1. The number of hydrogen-bond acceptors (Lipinski definition) is 4. The summed E-state index contributed by atoms with van der Waals surface area (Å²) in [5.74, 6) is 0.0428. The highest BCUT2D eigenvalue weighted by molar-refractivity contribution is 5.75. The first kappa shape index (κ1) is 17.9. The van der Waals surface area contributed by atoms with Gasteiger partial charge in [-0.05, 0) is 46.7 Å². The SMILES string of the molecule is Cc1nn(CC(=O)NCC[C@@H](C)N2CCN(C)CC2)c(C)c1C. The molecular weight excluding hydrogens is 290 g/mol. The van der Waals surface area contributed by atoms with E-state index in [0.29, 0.717) is 12.6 Å². The monoisotopic (exact) mass is 321 g/mol. The van der Waals surface area contributed by atoms with Gasteiger partial charge in [-0.25, -0.2) is 0 Å². The summed E-state index contributed by atoms with van der Waals surface area (Å²) in [6, 6.07) is 0.514. The summed E-state index contributed by atoms with van der Waals surface area (Å²) in [6.07, 6.45) is 0.992. The molecule has 2 rings (SSSR count). The minimum Gasteiger partial charge on any atom is -0.354 e. The van der Waals surface area contributed by atoms with E-state index < -0.39 is 0 Å². The van der Waals surface area contributed by atoms with Crippen LogP contribution in [0.4, 0.5) is 0 Å². The Balaban J connectivity index is 1.71. The molecule has 1 saturated heterocycles. The van der Waals surface area contributed by atoms with E-state index >= 15 is 0 Å². The first-order valence-electron chi connectivity index (χ1n) is 8.58. The van der Waals surface area contributed by atoms with E-state index in [9.17, 15) is 4.79 Å². The molecule has 6 nitrogen and oxygen atoms in total. The molecule has 1 amide bonds. The number of nitrogens with zero attached hydrogens (tertiary/aromatic N) is 4. The second-order valence-electron chi connectivity index (χ2n) is 6.78. The van der Waals surface area contributed by atoms with Crippen molar-refractivity contribution in [3.63, 3.8) is 0 Å². The molecule has 1 N–H and O–H groups in total. The third-order valence-electron chi connectivity index (χ3n) is 5.08. The molecule has 1 aliphatic heterocycles. The number of nitrogens with one attached hydrogen (secondary N) is 1. The van der Waals surface area contributed by atoms with Crippen molar-refractivity contribution in [2.24, 2.45) is 0 Å². The molecule has 23 heavy (non-hydrogen) atoms. The average molecular weight is 321 g/mol. The first-order chi connectivity index (χ1) is 10.9. The van der Waals surface area contributed by atoms with Crippen LogP contribution in [0.15, 0.2) is 0 Å². The molecule has 1 fully saturated rings. The molecule has 0 bridgehead atoms. The summed E-state index contributed by atoms with van der Waals surface area (Å²) < 4.78 is 1.80. The Morgan fingerprint density at radius 3 is 2.43 bits per heavy atom. The van der Waals surface area contributed by atoms with Crippen LogP contribution in [-0.2, 0) is 11.3 Å². The van der Waals surface area contributed by atoms with Crippen LogP contribution in [0.25, 0.3) is 0 Å². The Hall–Kier alpha value is -1.40. The van der Waals surface area contributed by atoms with Crippen LogP contribution in [0.5, 0.6) is 0 Å². The molecule has 1 aromatic rings. The summed E-state index contributed by atoms with van der Waals surface area (Å²) in [4.78, 5) is 17.0. The zero-order chi connectivity index (χ0) is 17.0. The normalized spacial score (nSPS) is 18.1. The van der Waals surface area contributed by atoms with Crippen molar-refractivity contribution >= 4 is 5.91 Å². The smallest absolute Gasteiger partial charge is 0.241 e. The highest BCUT2D eigenvalue weighted by Gasteiger charge is 2.19. The average Bonchev–Trinajstić information content (AvgIpc) is 2.75.